The van der Waals surface area contributed by atoms with Crippen LogP contribution in [-0.2, 0) is 11.4 Å². The third kappa shape index (κ3) is 2.91. The van der Waals surface area contributed by atoms with Crippen molar-refractivity contribution in [2.24, 2.45) is 0 Å². The van der Waals surface area contributed by atoms with E-state index in [0.29, 0.717) is 16.3 Å². The second-order valence-electron chi connectivity index (χ2n) is 5.17. The number of carboxylic acids is 1. The molecular weight excluding hydrogens is 350 g/mol. The SMILES string of the molecule is CN1c2ccc(C(=O)O)cc2C(=O)/C(=C/c2ccc(Cl)cc2)[S+]1[O-]. The quantitative estimate of drug-likeness (QED) is 0.655. The van der Waals surface area contributed by atoms with E-state index in [0.717, 1.165) is 0 Å². The van der Waals surface area contributed by atoms with Crippen molar-refractivity contribution >= 4 is 46.5 Å². The molecule has 0 bridgehead atoms. The third-order valence-corrected chi connectivity index (χ3v) is 5.28. The number of fused-ring (bicyclic) bond motifs is 1. The van der Waals surface area contributed by atoms with E-state index >= 15 is 0 Å². The maximum atomic E-state index is 12.7. The van der Waals surface area contributed by atoms with E-state index in [9.17, 15) is 14.1 Å². The molecule has 1 aliphatic rings. The van der Waals surface area contributed by atoms with Gasteiger partial charge in [0.1, 0.15) is 11.4 Å². The van der Waals surface area contributed by atoms with Gasteiger partial charge in [0.2, 0.25) is 10.7 Å². The lowest BCUT2D eigenvalue weighted by atomic mass is 10.0. The number of carbonyl (C=O) groups excluding carboxylic acids is 1. The van der Waals surface area contributed by atoms with Crippen LogP contribution in [0.3, 0.4) is 0 Å². The molecule has 7 heteroatoms. The van der Waals surface area contributed by atoms with Gasteiger partial charge in [-0.25, -0.2) is 4.79 Å². The van der Waals surface area contributed by atoms with Crippen molar-refractivity contribution in [1.29, 1.82) is 0 Å². The molecule has 1 unspecified atom stereocenters. The lowest BCUT2D eigenvalue weighted by Gasteiger charge is -2.29. The molecule has 0 spiro atoms. The van der Waals surface area contributed by atoms with Crippen LogP contribution in [-0.4, -0.2) is 28.5 Å². The summed E-state index contributed by atoms with van der Waals surface area (Å²) < 4.78 is 14.0. The summed E-state index contributed by atoms with van der Waals surface area (Å²) in [5.41, 5.74) is 1.35. The number of hydrogen-bond donors (Lipinski definition) is 1. The highest BCUT2D eigenvalue weighted by atomic mass is 35.5. The van der Waals surface area contributed by atoms with Crippen molar-refractivity contribution < 1.29 is 19.2 Å². The third-order valence-electron chi connectivity index (χ3n) is 3.66. The number of anilines is 1. The fourth-order valence-corrected chi connectivity index (χ4v) is 3.67. The molecule has 3 rings (SSSR count). The fourth-order valence-electron chi connectivity index (χ4n) is 2.40. The largest absolute Gasteiger partial charge is 0.588 e. The minimum Gasteiger partial charge on any atom is -0.588 e. The first-order valence-corrected chi connectivity index (χ1v) is 8.42. The summed E-state index contributed by atoms with van der Waals surface area (Å²) in [7, 11) is 1.59. The van der Waals surface area contributed by atoms with Gasteiger partial charge in [-0.3, -0.25) is 4.79 Å². The molecule has 24 heavy (non-hydrogen) atoms. The van der Waals surface area contributed by atoms with E-state index in [1.54, 1.807) is 31.3 Å². The zero-order valence-electron chi connectivity index (χ0n) is 12.5. The minimum absolute atomic E-state index is 0.00836. The maximum Gasteiger partial charge on any atom is 0.335 e. The fraction of sp³-hybridized carbons (Fsp3) is 0.0588. The van der Waals surface area contributed by atoms with Gasteiger partial charge in [-0.05, 0) is 35.9 Å². The van der Waals surface area contributed by atoms with Crippen LogP contribution in [0.15, 0.2) is 47.4 Å². The number of rotatable bonds is 2. The monoisotopic (exact) mass is 361 g/mol. The Morgan fingerprint density at radius 1 is 1.25 bits per heavy atom. The van der Waals surface area contributed by atoms with Gasteiger partial charge in [-0.2, -0.15) is 4.31 Å². The highest BCUT2D eigenvalue weighted by molar-refractivity contribution is 7.97. The second-order valence-corrected chi connectivity index (χ2v) is 7.10. The lowest BCUT2D eigenvalue weighted by Crippen LogP contribution is -2.36. The van der Waals surface area contributed by atoms with Crippen LogP contribution in [0.2, 0.25) is 5.02 Å². The first-order valence-electron chi connectivity index (χ1n) is 6.93. The van der Waals surface area contributed by atoms with Crippen molar-refractivity contribution in [3.63, 3.8) is 0 Å². The smallest absolute Gasteiger partial charge is 0.335 e. The summed E-state index contributed by atoms with van der Waals surface area (Å²) in [6.45, 7) is 0. The van der Waals surface area contributed by atoms with Gasteiger partial charge in [0.25, 0.3) is 0 Å². The molecule has 0 amide bonds. The number of ketones is 1. The number of hydrogen-bond acceptors (Lipinski definition) is 4. The molecule has 1 atom stereocenters. The van der Waals surface area contributed by atoms with Crippen LogP contribution in [0.1, 0.15) is 26.3 Å². The Morgan fingerprint density at radius 2 is 1.92 bits per heavy atom. The van der Waals surface area contributed by atoms with Gasteiger partial charge in [-0.1, -0.05) is 23.7 Å². The number of nitrogens with zero attached hydrogens (tertiary/aromatic N) is 1. The van der Waals surface area contributed by atoms with Crippen LogP contribution in [0.5, 0.6) is 0 Å². The molecule has 1 heterocycles. The Balaban J connectivity index is 2.10. The van der Waals surface area contributed by atoms with Crippen LogP contribution in [0.4, 0.5) is 5.69 Å². The average Bonchev–Trinajstić information content (AvgIpc) is 2.58. The number of allylic oxidation sites excluding steroid dienone is 1. The van der Waals surface area contributed by atoms with E-state index in [2.05, 4.69) is 0 Å². The topological polar surface area (TPSA) is 80.7 Å². The summed E-state index contributed by atoms with van der Waals surface area (Å²) in [5, 5.41) is 9.66. The van der Waals surface area contributed by atoms with Gasteiger partial charge >= 0.3 is 5.97 Å². The van der Waals surface area contributed by atoms with Gasteiger partial charge in [-0.15, -0.1) is 0 Å². The van der Waals surface area contributed by atoms with Crippen molar-refractivity contribution in [2.45, 2.75) is 0 Å². The predicted octanol–water partition coefficient (Wildman–Crippen LogP) is 3.38. The Labute approximate surface area is 146 Å². The van der Waals surface area contributed by atoms with Crippen molar-refractivity contribution in [3.8, 4) is 0 Å². The summed E-state index contributed by atoms with van der Waals surface area (Å²) >= 11 is 4.16. The van der Waals surface area contributed by atoms with Crippen LogP contribution in [0.25, 0.3) is 6.08 Å². The molecule has 0 radical (unpaired) electrons. The molecule has 122 valence electrons. The average molecular weight is 362 g/mol. The van der Waals surface area contributed by atoms with Crippen LogP contribution < -0.4 is 4.31 Å². The molecule has 0 saturated heterocycles. The van der Waals surface area contributed by atoms with E-state index in [-0.39, 0.29) is 16.0 Å². The molecule has 0 aromatic heterocycles. The first-order chi connectivity index (χ1) is 11.4. The first kappa shape index (κ1) is 16.6. The predicted molar refractivity (Wildman–Crippen MR) is 93.7 cm³/mol. The number of carboxylic acid groups (broad SMARTS) is 1. The minimum atomic E-state index is -1.67. The number of benzene rings is 2. The molecule has 5 nitrogen and oxygen atoms in total. The Hall–Kier alpha value is -2.28. The number of carbonyl (C=O) groups is 2. The Morgan fingerprint density at radius 3 is 2.54 bits per heavy atom. The van der Waals surface area contributed by atoms with E-state index in [1.807, 2.05) is 0 Å². The zero-order valence-corrected chi connectivity index (χ0v) is 14.1. The van der Waals surface area contributed by atoms with E-state index in [1.165, 1.54) is 28.6 Å². The highest BCUT2D eigenvalue weighted by Gasteiger charge is 2.38. The molecule has 2 aromatic carbocycles. The van der Waals surface area contributed by atoms with Gasteiger partial charge < -0.3 is 9.66 Å². The zero-order chi connectivity index (χ0) is 17.4. The molecule has 0 fully saturated rings. The van der Waals surface area contributed by atoms with Crippen LogP contribution >= 0.6 is 11.6 Å². The molecule has 1 aliphatic heterocycles. The van der Waals surface area contributed by atoms with Crippen molar-refractivity contribution in [1.82, 2.24) is 0 Å². The summed E-state index contributed by atoms with van der Waals surface area (Å²) in [4.78, 5) is 23.9. The normalized spacial score (nSPS) is 18.6. The van der Waals surface area contributed by atoms with E-state index < -0.39 is 23.1 Å². The molecule has 0 aliphatic carbocycles. The molecule has 2 aromatic rings. The molecular formula is C17H12ClNO4S. The second kappa shape index (κ2) is 6.32. The van der Waals surface area contributed by atoms with Crippen molar-refractivity contribution in [3.05, 3.63) is 69.1 Å². The van der Waals surface area contributed by atoms with Crippen LogP contribution in [0, 0.1) is 0 Å². The Kier molecular flexibility index (Phi) is 4.36. The van der Waals surface area contributed by atoms with Gasteiger partial charge in [0, 0.05) is 11.1 Å². The summed E-state index contributed by atoms with van der Waals surface area (Å²) in [6, 6.07) is 11.0. The van der Waals surface area contributed by atoms with Gasteiger partial charge in [0.05, 0.1) is 23.9 Å². The molecule has 0 saturated carbocycles. The molecule has 1 N–H and O–H groups in total. The lowest BCUT2D eigenvalue weighted by molar-refractivity contribution is 0.0697. The maximum absolute atomic E-state index is 12.7. The van der Waals surface area contributed by atoms with Gasteiger partial charge in [0.15, 0.2) is 0 Å². The number of halogens is 1. The standard InChI is InChI=1S/C17H12ClNO4S/c1-19-14-7-4-11(17(21)22)9-13(14)16(20)15(24(19)23)8-10-2-5-12(18)6-3-10/h2-9H,1H3,(H,21,22)/b15-8-. The summed E-state index contributed by atoms with van der Waals surface area (Å²) in [5.74, 6) is -1.57. The highest BCUT2D eigenvalue weighted by Crippen LogP contribution is 2.35. The van der Waals surface area contributed by atoms with Crippen molar-refractivity contribution in [2.75, 3.05) is 11.4 Å². The van der Waals surface area contributed by atoms with E-state index in [4.69, 9.17) is 16.7 Å². The summed E-state index contributed by atoms with van der Waals surface area (Å²) in [6.07, 6.45) is 1.53. The number of aromatic carboxylic acids is 1. The number of Topliss-reactive ketones (excluding diaryl/α,β-unsaturated/α-hetero) is 1. The Bertz CT molecular complexity index is 863.